The molecule has 0 aliphatic heterocycles. The van der Waals surface area contributed by atoms with Crippen LogP contribution in [0.5, 0.6) is 0 Å². The van der Waals surface area contributed by atoms with Crippen LogP contribution in [0.1, 0.15) is 38.5 Å². The first kappa shape index (κ1) is 12.5. The second-order valence-electron chi connectivity index (χ2n) is 4.40. The van der Waals surface area contributed by atoms with Crippen LogP contribution in [0, 0.1) is 0 Å². The van der Waals surface area contributed by atoms with Crippen LogP contribution < -0.4 is 5.73 Å². The van der Waals surface area contributed by atoms with E-state index in [0.717, 1.165) is 12.8 Å². The molecule has 1 atom stereocenters. The smallest absolute Gasteiger partial charge is 0.322 e. The Morgan fingerprint density at radius 2 is 1.93 bits per heavy atom. The number of rotatable bonds is 4. The van der Waals surface area contributed by atoms with Crippen LogP contribution >= 0.6 is 0 Å². The topological polar surface area (TPSA) is 66.6 Å². The number of hydrogen-bond donors (Lipinski definition) is 2. The average molecular weight is 214 g/mol. The van der Waals surface area contributed by atoms with Gasteiger partial charge in [0.25, 0.3) is 0 Å². The summed E-state index contributed by atoms with van der Waals surface area (Å²) in [4.78, 5) is 12.9. The fourth-order valence-electron chi connectivity index (χ4n) is 2.36. The Morgan fingerprint density at radius 1 is 1.40 bits per heavy atom. The summed E-state index contributed by atoms with van der Waals surface area (Å²) < 4.78 is 0. The van der Waals surface area contributed by atoms with Gasteiger partial charge in [0.1, 0.15) is 6.04 Å². The second-order valence-corrected chi connectivity index (χ2v) is 4.40. The molecule has 0 radical (unpaired) electrons. The maximum atomic E-state index is 11.0. The first-order valence-electron chi connectivity index (χ1n) is 5.81. The summed E-state index contributed by atoms with van der Waals surface area (Å²) in [5.74, 6) is -0.802. The van der Waals surface area contributed by atoms with Gasteiger partial charge in [0, 0.05) is 12.6 Å². The lowest BCUT2D eigenvalue weighted by Gasteiger charge is -2.31. The van der Waals surface area contributed by atoms with E-state index in [0.29, 0.717) is 6.04 Å². The lowest BCUT2D eigenvalue weighted by Crippen LogP contribution is -2.48. The molecule has 15 heavy (non-hydrogen) atoms. The third-order valence-electron chi connectivity index (χ3n) is 3.40. The number of aliphatic carboxylic acids is 1. The summed E-state index contributed by atoms with van der Waals surface area (Å²) in [6.07, 6.45) is 7.22. The Labute approximate surface area is 91.4 Å². The number of nitrogens with two attached hydrogens (primary N) is 1. The van der Waals surface area contributed by atoms with Crippen molar-refractivity contribution in [2.45, 2.75) is 50.6 Å². The highest BCUT2D eigenvalue weighted by atomic mass is 16.4. The quantitative estimate of drug-likeness (QED) is 0.687. The molecule has 0 aromatic heterocycles. The lowest BCUT2D eigenvalue weighted by atomic mass is 10.1. The van der Waals surface area contributed by atoms with Crippen LogP contribution in [-0.4, -0.2) is 41.7 Å². The molecular weight excluding hydrogens is 192 g/mol. The van der Waals surface area contributed by atoms with Gasteiger partial charge in [-0.2, -0.15) is 0 Å². The van der Waals surface area contributed by atoms with Crippen LogP contribution in [0.4, 0.5) is 0 Å². The van der Waals surface area contributed by atoms with Crippen molar-refractivity contribution in [3.8, 4) is 0 Å². The monoisotopic (exact) mass is 214 g/mol. The second kappa shape index (κ2) is 6.08. The average Bonchev–Trinajstić information content (AvgIpc) is 2.45. The summed E-state index contributed by atoms with van der Waals surface area (Å²) in [7, 11) is 1.89. The van der Waals surface area contributed by atoms with E-state index >= 15 is 0 Å². The van der Waals surface area contributed by atoms with Crippen molar-refractivity contribution in [2.24, 2.45) is 5.73 Å². The molecule has 0 aromatic carbocycles. The van der Waals surface area contributed by atoms with Crippen LogP contribution in [0.15, 0.2) is 0 Å². The predicted molar refractivity (Wildman–Crippen MR) is 59.7 cm³/mol. The molecule has 4 heteroatoms. The number of nitrogens with zero attached hydrogens (tertiary/aromatic N) is 1. The van der Waals surface area contributed by atoms with Gasteiger partial charge in [-0.1, -0.05) is 25.7 Å². The molecule has 0 heterocycles. The minimum Gasteiger partial charge on any atom is -0.480 e. The lowest BCUT2D eigenvalue weighted by molar-refractivity contribution is -0.143. The molecule has 0 saturated heterocycles. The number of carboxylic acid groups (broad SMARTS) is 1. The number of carbonyl (C=O) groups is 1. The zero-order chi connectivity index (χ0) is 11.3. The van der Waals surface area contributed by atoms with Crippen molar-refractivity contribution in [3.63, 3.8) is 0 Å². The molecule has 1 rings (SSSR count). The summed E-state index contributed by atoms with van der Waals surface area (Å²) in [5.41, 5.74) is 5.50. The van der Waals surface area contributed by atoms with E-state index in [1.165, 1.54) is 25.7 Å². The maximum absolute atomic E-state index is 11.0. The molecule has 0 spiro atoms. The van der Waals surface area contributed by atoms with Gasteiger partial charge in [-0.15, -0.1) is 0 Å². The van der Waals surface area contributed by atoms with E-state index < -0.39 is 12.0 Å². The third-order valence-corrected chi connectivity index (χ3v) is 3.40. The van der Waals surface area contributed by atoms with Crippen molar-refractivity contribution in [1.82, 2.24) is 4.90 Å². The van der Waals surface area contributed by atoms with E-state index in [4.69, 9.17) is 10.8 Å². The van der Waals surface area contributed by atoms with Crippen LogP contribution in [0.3, 0.4) is 0 Å². The molecule has 1 saturated carbocycles. The van der Waals surface area contributed by atoms with Crippen LogP contribution in [0.25, 0.3) is 0 Å². The van der Waals surface area contributed by atoms with Gasteiger partial charge in [0.15, 0.2) is 0 Å². The summed E-state index contributed by atoms with van der Waals surface area (Å²) in [5, 5.41) is 9.02. The Hall–Kier alpha value is -0.610. The van der Waals surface area contributed by atoms with Gasteiger partial charge in [-0.05, 0) is 19.9 Å². The Kier molecular flexibility index (Phi) is 5.05. The van der Waals surface area contributed by atoms with Gasteiger partial charge in [0.2, 0.25) is 0 Å². The van der Waals surface area contributed by atoms with Crippen molar-refractivity contribution < 1.29 is 9.90 Å². The van der Waals surface area contributed by atoms with Crippen LogP contribution in [0.2, 0.25) is 0 Å². The van der Waals surface area contributed by atoms with Crippen LogP contribution in [-0.2, 0) is 4.79 Å². The largest absolute Gasteiger partial charge is 0.480 e. The first-order chi connectivity index (χ1) is 7.16. The molecule has 1 unspecified atom stereocenters. The summed E-state index contributed by atoms with van der Waals surface area (Å²) in [6.45, 7) is 0.197. The molecule has 3 N–H and O–H groups in total. The fourth-order valence-corrected chi connectivity index (χ4v) is 2.36. The maximum Gasteiger partial charge on any atom is 0.322 e. The zero-order valence-electron chi connectivity index (χ0n) is 9.48. The molecule has 1 aliphatic rings. The van der Waals surface area contributed by atoms with Gasteiger partial charge in [0.05, 0.1) is 0 Å². The SMILES string of the molecule is CN(C1CCCCCC1)C(CN)C(=O)O. The van der Waals surface area contributed by atoms with Crippen molar-refractivity contribution in [1.29, 1.82) is 0 Å². The molecule has 0 bridgehead atoms. The highest BCUT2D eigenvalue weighted by Crippen LogP contribution is 2.22. The van der Waals surface area contributed by atoms with Crippen molar-refractivity contribution in [2.75, 3.05) is 13.6 Å². The standard InChI is InChI=1S/C11H22N2O2/c1-13(10(8-12)11(14)15)9-6-4-2-3-5-7-9/h9-10H,2-8,12H2,1H3,(H,14,15). The van der Waals surface area contributed by atoms with E-state index in [1.54, 1.807) is 0 Å². The molecule has 88 valence electrons. The Morgan fingerprint density at radius 3 is 2.33 bits per heavy atom. The minimum atomic E-state index is -0.802. The van der Waals surface area contributed by atoms with Crippen molar-refractivity contribution >= 4 is 5.97 Å². The van der Waals surface area contributed by atoms with Gasteiger partial charge in [-0.25, -0.2) is 0 Å². The number of likely N-dealkylation sites (N-methyl/N-ethyl adjacent to an activating group) is 1. The van der Waals surface area contributed by atoms with Crippen molar-refractivity contribution in [3.05, 3.63) is 0 Å². The molecule has 0 aromatic rings. The van der Waals surface area contributed by atoms with E-state index in [-0.39, 0.29) is 6.54 Å². The molecular formula is C11H22N2O2. The number of hydrogen-bond acceptors (Lipinski definition) is 3. The minimum absolute atomic E-state index is 0.197. The highest BCUT2D eigenvalue weighted by molar-refractivity contribution is 5.73. The van der Waals surface area contributed by atoms with E-state index in [2.05, 4.69) is 0 Å². The Bertz CT molecular complexity index is 201. The first-order valence-corrected chi connectivity index (χ1v) is 5.81. The highest BCUT2D eigenvalue weighted by Gasteiger charge is 2.27. The molecule has 1 aliphatic carbocycles. The zero-order valence-corrected chi connectivity index (χ0v) is 9.48. The molecule has 0 amide bonds. The molecule has 1 fully saturated rings. The van der Waals surface area contributed by atoms with Gasteiger partial charge >= 0.3 is 5.97 Å². The summed E-state index contributed by atoms with van der Waals surface area (Å²) >= 11 is 0. The van der Waals surface area contributed by atoms with Gasteiger partial charge < -0.3 is 10.8 Å². The predicted octanol–water partition coefficient (Wildman–Crippen LogP) is 1.05. The molecule has 4 nitrogen and oxygen atoms in total. The normalized spacial score (nSPS) is 21.3. The number of carboxylic acids is 1. The van der Waals surface area contributed by atoms with E-state index in [9.17, 15) is 4.79 Å². The van der Waals surface area contributed by atoms with E-state index in [1.807, 2.05) is 11.9 Å². The fraction of sp³-hybridized carbons (Fsp3) is 0.909. The Balaban J connectivity index is 2.55. The third kappa shape index (κ3) is 3.47. The van der Waals surface area contributed by atoms with Gasteiger partial charge in [-0.3, -0.25) is 9.69 Å². The summed E-state index contributed by atoms with van der Waals surface area (Å²) in [6, 6.07) is -0.120.